The van der Waals surface area contributed by atoms with Gasteiger partial charge in [-0.05, 0) is 42.9 Å². The average molecular weight is 775 g/mol. The molecule has 0 aliphatic rings. The molecule has 2 aromatic carbocycles. The number of benzene rings is 2. The van der Waals surface area contributed by atoms with Crippen molar-refractivity contribution in [1.29, 1.82) is 0 Å². The normalized spacial score (nSPS) is 10.8. The molecule has 2 N–H and O–H groups in total. The molecule has 0 saturated carbocycles. The van der Waals surface area contributed by atoms with Crippen molar-refractivity contribution in [3.63, 3.8) is 0 Å². The van der Waals surface area contributed by atoms with Crippen LogP contribution in [0.1, 0.15) is 238 Å². The molecule has 0 unspecified atom stereocenters. The number of carboxylic acids is 2. The fourth-order valence-electron chi connectivity index (χ4n) is 7.28. The van der Waals surface area contributed by atoms with Crippen molar-refractivity contribution in [3.05, 3.63) is 58.7 Å². The van der Waals surface area contributed by atoms with Gasteiger partial charge in [0, 0.05) is 0 Å². The van der Waals surface area contributed by atoms with Gasteiger partial charge in [0.25, 0.3) is 0 Å². The van der Waals surface area contributed by atoms with Crippen LogP contribution in [0, 0.1) is 0 Å². The summed E-state index contributed by atoms with van der Waals surface area (Å²) >= 11 is 0. The van der Waals surface area contributed by atoms with Gasteiger partial charge in [0.05, 0.1) is 5.97 Å². The van der Waals surface area contributed by atoms with Gasteiger partial charge in [0.2, 0.25) is 0 Å². The van der Waals surface area contributed by atoms with E-state index in [1.54, 1.807) is 18.2 Å². The molecule has 2 aromatic rings. The number of carbonyl (C=O) groups is 2. The van der Waals surface area contributed by atoms with E-state index < -0.39 is 11.9 Å². The minimum Gasteiger partial charge on any atom is -0.872 e. The van der Waals surface area contributed by atoms with Gasteiger partial charge in [-0.15, -0.1) is 0 Å². The van der Waals surface area contributed by atoms with Crippen molar-refractivity contribution in [2.45, 2.75) is 219 Å². The topological polar surface area (TPSA) is 121 Å². The summed E-state index contributed by atoms with van der Waals surface area (Å²) in [5.41, 5.74) is 1.15. The number of hydrogen-bond donors (Lipinski definition) is 2. The Morgan fingerprint density at radius 3 is 1.09 bits per heavy atom. The van der Waals surface area contributed by atoms with E-state index in [4.69, 9.17) is 5.11 Å². The number of aromatic carboxylic acids is 2. The van der Waals surface area contributed by atoms with Crippen LogP contribution < -0.4 is 10.2 Å². The molecule has 0 aliphatic heterocycles. The zero-order valence-electron chi connectivity index (χ0n) is 35.3. The van der Waals surface area contributed by atoms with Crippen LogP contribution in [-0.4, -0.2) is 45.2 Å². The van der Waals surface area contributed by atoms with Crippen molar-refractivity contribution in [2.24, 2.45) is 0 Å². The zero-order chi connectivity index (χ0) is 39.5. The van der Waals surface area contributed by atoms with Crippen LogP contribution in [0.25, 0.3) is 0 Å². The predicted molar refractivity (Wildman–Crippen MR) is 228 cm³/mol. The first-order chi connectivity index (χ1) is 26.3. The maximum Gasteiger partial charge on any atom is 2.00 e. The van der Waals surface area contributed by atoms with Crippen LogP contribution >= 0.6 is 0 Å². The molecule has 0 radical (unpaired) electrons. The Morgan fingerprint density at radius 2 is 0.764 bits per heavy atom. The molecule has 0 aliphatic carbocycles. The van der Waals surface area contributed by atoms with Crippen molar-refractivity contribution in [3.8, 4) is 11.5 Å². The largest absolute Gasteiger partial charge is 2.00 e. The summed E-state index contributed by atoms with van der Waals surface area (Å²) < 4.78 is 0. The molecule has 7 heteroatoms. The van der Waals surface area contributed by atoms with Gasteiger partial charge in [-0.2, -0.15) is 0 Å². The van der Waals surface area contributed by atoms with Crippen molar-refractivity contribution in [2.75, 3.05) is 0 Å². The summed E-state index contributed by atoms with van der Waals surface area (Å²) in [6.45, 7) is 4.53. The van der Waals surface area contributed by atoms with E-state index in [0.29, 0.717) is 12.0 Å². The molecule has 308 valence electrons. The predicted octanol–water partition coefficient (Wildman–Crippen LogP) is 12.7. The molecule has 0 bridgehead atoms. The molecule has 55 heavy (non-hydrogen) atoms. The Balaban J connectivity index is 0.00000104. The molecule has 2 rings (SSSR count). The molecule has 0 fully saturated rings. The fourth-order valence-corrected chi connectivity index (χ4v) is 7.28. The second kappa shape index (κ2) is 37.3. The van der Waals surface area contributed by atoms with Crippen molar-refractivity contribution >= 4 is 35.0 Å². The summed E-state index contributed by atoms with van der Waals surface area (Å²) in [5, 5.41) is 41.9. The van der Waals surface area contributed by atoms with E-state index in [0.717, 1.165) is 37.7 Å². The van der Waals surface area contributed by atoms with Gasteiger partial charge in [-0.3, -0.25) is 0 Å². The summed E-state index contributed by atoms with van der Waals surface area (Å²) in [4.78, 5) is 21.9. The van der Waals surface area contributed by atoms with E-state index >= 15 is 0 Å². The van der Waals surface area contributed by atoms with Gasteiger partial charge in [-0.1, -0.05) is 235 Å². The van der Waals surface area contributed by atoms with Crippen LogP contribution in [0.2, 0.25) is 0 Å². The number of carboxylic acid groups (broad SMARTS) is 2. The Bertz CT molecular complexity index is 1120. The second-order valence-corrected chi connectivity index (χ2v) is 15.6. The third kappa shape index (κ3) is 27.9. The van der Waals surface area contributed by atoms with Gasteiger partial charge in [-0.25, -0.2) is 4.79 Å². The molecule has 0 amide bonds. The van der Waals surface area contributed by atoms with E-state index in [1.807, 2.05) is 6.07 Å². The van der Waals surface area contributed by atoms with Crippen LogP contribution in [0.5, 0.6) is 11.5 Å². The minimum atomic E-state index is -1.38. The molecular weight excluding hydrogens is 697 g/mol. The Hall–Kier alpha value is -2.25. The first-order valence-electron chi connectivity index (χ1n) is 22.4. The maximum atomic E-state index is 12.0. The van der Waals surface area contributed by atoms with Crippen LogP contribution in [0.15, 0.2) is 36.4 Å². The first kappa shape index (κ1) is 52.7. The molecule has 0 atom stereocenters. The zero-order valence-corrected chi connectivity index (χ0v) is 36.7. The van der Waals surface area contributed by atoms with Gasteiger partial charge in [0.1, 0.15) is 11.3 Å². The molecule has 0 aromatic heterocycles. The Labute approximate surface area is 352 Å². The number of rotatable bonds is 34. The summed E-state index contributed by atoms with van der Waals surface area (Å²) in [6, 6.07) is 9.68. The van der Waals surface area contributed by atoms with Crippen molar-refractivity contribution < 1.29 is 30.0 Å². The number of para-hydroxylation sites is 2. The first-order valence-corrected chi connectivity index (χ1v) is 22.4. The third-order valence-corrected chi connectivity index (χ3v) is 10.8. The van der Waals surface area contributed by atoms with Crippen LogP contribution in [-0.2, 0) is 12.8 Å². The number of carbonyl (C=O) groups excluding carboxylic acids is 1. The van der Waals surface area contributed by atoms with E-state index in [2.05, 4.69) is 13.8 Å². The fraction of sp³-hybridized carbons (Fsp3) is 0.708. The van der Waals surface area contributed by atoms with Gasteiger partial charge in [0.15, 0.2) is 0 Å². The monoisotopic (exact) mass is 775 g/mol. The number of unbranched alkanes of at least 4 members (excludes halogenated alkanes) is 28. The minimum absolute atomic E-state index is 0. The number of aromatic hydroxyl groups is 1. The van der Waals surface area contributed by atoms with E-state index in [9.17, 15) is 24.9 Å². The maximum absolute atomic E-state index is 12.0. The molecule has 0 heterocycles. The number of hydrogen-bond acceptors (Lipinski definition) is 5. The standard InChI is InChI=1S/2C24H40O3.Mg/c2*1-2-3-4-5-6-7-8-9-10-11-12-13-14-15-16-18-21-19-17-20-22(23(21)25)24(26)27;/h2*17,19-20,25H,2-16,18H2,1H3,(H,26,27);/q;;+2/p-2. The SMILES string of the molecule is CCCCCCCCCCCCCCCCCc1cccc(C(=O)O)c1O.CCCCCCCCCCCCCCCCCc1cccc(C(=O)[O-])c1[O-].[Mg+2]. The Kier molecular flexibility index (Phi) is 35.8. The quantitative estimate of drug-likeness (QED) is 0.0539. The molecule has 6 nitrogen and oxygen atoms in total. The number of aryl methyl sites for hydroxylation is 2. The average Bonchev–Trinajstić information content (AvgIpc) is 3.16. The van der Waals surface area contributed by atoms with E-state index in [1.165, 1.54) is 179 Å². The third-order valence-electron chi connectivity index (χ3n) is 10.8. The summed E-state index contributed by atoms with van der Waals surface area (Å²) in [5.74, 6) is -2.87. The van der Waals surface area contributed by atoms with Gasteiger partial charge >= 0.3 is 29.0 Å². The van der Waals surface area contributed by atoms with Crippen LogP contribution in [0.4, 0.5) is 0 Å². The molecule has 0 spiro atoms. The summed E-state index contributed by atoms with van der Waals surface area (Å²) in [6.07, 6.45) is 41.1. The Morgan fingerprint density at radius 1 is 0.473 bits per heavy atom. The van der Waals surface area contributed by atoms with E-state index in [-0.39, 0.29) is 45.7 Å². The smallest absolute Gasteiger partial charge is 0.872 e. The number of phenols is 1. The second-order valence-electron chi connectivity index (χ2n) is 15.6. The van der Waals surface area contributed by atoms with Crippen molar-refractivity contribution in [1.82, 2.24) is 0 Å². The summed E-state index contributed by atoms with van der Waals surface area (Å²) in [7, 11) is 0. The van der Waals surface area contributed by atoms with Crippen LogP contribution in [0.3, 0.4) is 0 Å². The molecular formula is C48H78MgO6. The van der Waals surface area contributed by atoms with Gasteiger partial charge < -0.3 is 25.2 Å². The molecule has 0 saturated heterocycles.